The summed E-state index contributed by atoms with van der Waals surface area (Å²) in [4.78, 5) is 0. The van der Waals surface area contributed by atoms with Gasteiger partial charge in [-0.25, -0.2) is 0 Å². The SMILES string of the molecule is Cc1ccccc1C(CN)Cc1ccsc1. The predicted molar refractivity (Wildman–Crippen MR) is 71.0 cm³/mol. The van der Waals surface area contributed by atoms with Crippen molar-refractivity contribution in [3.8, 4) is 0 Å². The van der Waals surface area contributed by atoms with E-state index in [0.29, 0.717) is 12.5 Å². The quantitative estimate of drug-likeness (QED) is 0.858. The van der Waals surface area contributed by atoms with Gasteiger partial charge in [0.2, 0.25) is 0 Å². The van der Waals surface area contributed by atoms with Crippen LogP contribution >= 0.6 is 11.3 Å². The minimum absolute atomic E-state index is 0.441. The summed E-state index contributed by atoms with van der Waals surface area (Å²) in [6.07, 6.45) is 1.05. The molecule has 0 radical (unpaired) electrons. The fourth-order valence-corrected chi connectivity index (χ4v) is 2.74. The highest BCUT2D eigenvalue weighted by atomic mass is 32.1. The maximum absolute atomic E-state index is 5.89. The van der Waals surface area contributed by atoms with E-state index in [1.807, 2.05) is 0 Å². The zero-order valence-electron chi connectivity index (χ0n) is 9.52. The molecule has 2 aromatic rings. The van der Waals surface area contributed by atoms with Crippen molar-refractivity contribution >= 4 is 11.3 Å². The standard InChI is InChI=1S/C14H17NS/c1-11-4-2-3-5-14(11)13(9-15)8-12-6-7-16-10-12/h2-7,10,13H,8-9,15H2,1H3. The minimum Gasteiger partial charge on any atom is -0.330 e. The fraction of sp³-hybridized carbons (Fsp3) is 0.286. The fourth-order valence-electron chi connectivity index (χ4n) is 2.06. The van der Waals surface area contributed by atoms with Crippen LogP contribution in [0, 0.1) is 6.92 Å². The maximum Gasteiger partial charge on any atom is 0.000448 e. The molecule has 84 valence electrons. The van der Waals surface area contributed by atoms with Crippen LogP contribution in [0.5, 0.6) is 0 Å². The van der Waals surface area contributed by atoms with Crippen LogP contribution in [0.3, 0.4) is 0 Å². The van der Waals surface area contributed by atoms with Crippen LogP contribution in [0.15, 0.2) is 41.1 Å². The van der Waals surface area contributed by atoms with Gasteiger partial charge in [0, 0.05) is 5.92 Å². The lowest BCUT2D eigenvalue weighted by molar-refractivity contribution is 0.691. The topological polar surface area (TPSA) is 26.0 Å². The van der Waals surface area contributed by atoms with Gasteiger partial charge in [-0.1, -0.05) is 24.3 Å². The van der Waals surface area contributed by atoms with Gasteiger partial charge in [-0.3, -0.25) is 0 Å². The molecule has 1 aromatic heterocycles. The molecule has 16 heavy (non-hydrogen) atoms. The Labute approximate surface area is 101 Å². The smallest absolute Gasteiger partial charge is 0.000448 e. The highest BCUT2D eigenvalue weighted by molar-refractivity contribution is 7.07. The molecule has 1 unspecified atom stereocenters. The number of hydrogen-bond donors (Lipinski definition) is 1. The Morgan fingerprint density at radius 2 is 2.06 bits per heavy atom. The third-order valence-corrected chi connectivity index (χ3v) is 3.71. The summed E-state index contributed by atoms with van der Waals surface area (Å²) in [5.41, 5.74) is 10.0. The molecule has 0 saturated carbocycles. The number of hydrogen-bond acceptors (Lipinski definition) is 2. The van der Waals surface area contributed by atoms with Crippen molar-refractivity contribution < 1.29 is 0 Å². The molecule has 1 nitrogen and oxygen atoms in total. The first-order chi connectivity index (χ1) is 7.81. The Morgan fingerprint density at radius 1 is 1.25 bits per heavy atom. The number of rotatable bonds is 4. The number of thiophene rings is 1. The monoisotopic (exact) mass is 231 g/mol. The zero-order valence-corrected chi connectivity index (χ0v) is 10.3. The average Bonchev–Trinajstić information content (AvgIpc) is 2.80. The van der Waals surface area contributed by atoms with Gasteiger partial charge in [-0.15, -0.1) is 0 Å². The molecule has 2 rings (SSSR count). The number of benzene rings is 1. The predicted octanol–water partition coefficient (Wildman–Crippen LogP) is 3.34. The van der Waals surface area contributed by atoms with Gasteiger partial charge in [0.15, 0.2) is 0 Å². The highest BCUT2D eigenvalue weighted by Crippen LogP contribution is 2.23. The van der Waals surface area contributed by atoms with Crippen LogP contribution in [-0.4, -0.2) is 6.54 Å². The Balaban J connectivity index is 2.20. The van der Waals surface area contributed by atoms with E-state index in [4.69, 9.17) is 5.73 Å². The second kappa shape index (κ2) is 5.28. The van der Waals surface area contributed by atoms with Gasteiger partial charge in [-0.05, 0) is 53.4 Å². The lowest BCUT2D eigenvalue weighted by Gasteiger charge is -2.16. The van der Waals surface area contributed by atoms with E-state index < -0.39 is 0 Å². The summed E-state index contributed by atoms with van der Waals surface area (Å²) in [7, 11) is 0. The molecular weight excluding hydrogens is 214 g/mol. The summed E-state index contributed by atoms with van der Waals surface area (Å²) >= 11 is 1.75. The zero-order chi connectivity index (χ0) is 11.4. The van der Waals surface area contributed by atoms with Crippen molar-refractivity contribution in [3.05, 3.63) is 57.8 Å². The molecule has 0 saturated heterocycles. The molecule has 0 bridgehead atoms. The number of aryl methyl sites for hydroxylation is 1. The summed E-state index contributed by atoms with van der Waals surface area (Å²) in [6, 6.07) is 10.7. The van der Waals surface area contributed by atoms with Crippen molar-refractivity contribution in [1.29, 1.82) is 0 Å². The first-order valence-electron chi connectivity index (χ1n) is 5.58. The van der Waals surface area contributed by atoms with Crippen LogP contribution in [0.4, 0.5) is 0 Å². The summed E-state index contributed by atoms with van der Waals surface area (Å²) in [5, 5.41) is 4.34. The van der Waals surface area contributed by atoms with Crippen LogP contribution in [0.2, 0.25) is 0 Å². The summed E-state index contributed by atoms with van der Waals surface area (Å²) in [5.74, 6) is 0.441. The van der Waals surface area contributed by atoms with E-state index in [2.05, 4.69) is 48.0 Å². The summed E-state index contributed by atoms with van der Waals surface area (Å²) < 4.78 is 0. The molecule has 1 heterocycles. The molecule has 0 aliphatic rings. The lowest BCUT2D eigenvalue weighted by Crippen LogP contribution is -2.15. The van der Waals surface area contributed by atoms with Gasteiger partial charge in [0.1, 0.15) is 0 Å². The second-order valence-electron chi connectivity index (χ2n) is 4.12. The Morgan fingerprint density at radius 3 is 2.69 bits per heavy atom. The van der Waals surface area contributed by atoms with Crippen LogP contribution in [0.25, 0.3) is 0 Å². The largest absolute Gasteiger partial charge is 0.330 e. The Kier molecular flexibility index (Phi) is 3.75. The second-order valence-corrected chi connectivity index (χ2v) is 4.90. The molecule has 0 spiro atoms. The Hall–Kier alpha value is -1.12. The van der Waals surface area contributed by atoms with Crippen molar-refractivity contribution in [1.82, 2.24) is 0 Å². The normalized spacial score (nSPS) is 12.6. The van der Waals surface area contributed by atoms with Gasteiger partial charge in [0.05, 0.1) is 0 Å². The van der Waals surface area contributed by atoms with Gasteiger partial charge in [0.25, 0.3) is 0 Å². The average molecular weight is 231 g/mol. The van der Waals surface area contributed by atoms with Gasteiger partial charge < -0.3 is 5.73 Å². The molecule has 1 aromatic carbocycles. The maximum atomic E-state index is 5.89. The molecule has 2 N–H and O–H groups in total. The lowest BCUT2D eigenvalue weighted by atomic mass is 9.90. The van der Waals surface area contributed by atoms with Crippen molar-refractivity contribution in [3.63, 3.8) is 0 Å². The molecule has 0 aliphatic heterocycles. The van der Waals surface area contributed by atoms with Crippen molar-refractivity contribution in [2.24, 2.45) is 5.73 Å². The van der Waals surface area contributed by atoms with Crippen LogP contribution in [-0.2, 0) is 6.42 Å². The third-order valence-electron chi connectivity index (χ3n) is 2.98. The Bertz CT molecular complexity index is 434. The minimum atomic E-state index is 0.441. The molecule has 0 amide bonds. The van der Waals surface area contributed by atoms with Crippen molar-refractivity contribution in [2.45, 2.75) is 19.3 Å². The van der Waals surface area contributed by atoms with Crippen LogP contribution < -0.4 is 5.73 Å². The third kappa shape index (κ3) is 2.52. The van der Waals surface area contributed by atoms with E-state index in [1.165, 1.54) is 16.7 Å². The first-order valence-corrected chi connectivity index (χ1v) is 6.52. The van der Waals surface area contributed by atoms with E-state index in [0.717, 1.165) is 6.42 Å². The molecule has 1 atom stereocenters. The van der Waals surface area contributed by atoms with Crippen molar-refractivity contribution in [2.75, 3.05) is 6.54 Å². The van der Waals surface area contributed by atoms with E-state index in [1.54, 1.807) is 11.3 Å². The summed E-state index contributed by atoms with van der Waals surface area (Å²) in [6.45, 7) is 2.87. The van der Waals surface area contributed by atoms with E-state index in [-0.39, 0.29) is 0 Å². The molecular formula is C14H17NS. The molecule has 2 heteroatoms. The highest BCUT2D eigenvalue weighted by Gasteiger charge is 2.12. The van der Waals surface area contributed by atoms with E-state index >= 15 is 0 Å². The van der Waals surface area contributed by atoms with Crippen LogP contribution in [0.1, 0.15) is 22.6 Å². The van der Waals surface area contributed by atoms with E-state index in [9.17, 15) is 0 Å². The first kappa shape index (κ1) is 11.4. The van der Waals surface area contributed by atoms with Gasteiger partial charge in [-0.2, -0.15) is 11.3 Å². The molecule has 0 fully saturated rings. The van der Waals surface area contributed by atoms with Gasteiger partial charge >= 0.3 is 0 Å². The molecule has 0 aliphatic carbocycles. The number of nitrogens with two attached hydrogens (primary N) is 1.